The second-order valence-corrected chi connectivity index (χ2v) is 7.86. The molecule has 0 saturated heterocycles. The van der Waals surface area contributed by atoms with Crippen molar-refractivity contribution in [1.29, 1.82) is 0 Å². The van der Waals surface area contributed by atoms with Gasteiger partial charge in [-0.2, -0.15) is 0 Å². The maximum atomic E-state index is 2.48. The summed E-state index contributed by atoms with van der Waals surface area (Å²) in [5.74, 6) is 0. The fraction of sp³-hybridized carbons (Fsp3) is 0.429. The van der Waals surface area contributed by atoms with Gasteiger partial charge < -0.3 is 0 Å². The van der Waals surface area contributed by atoms with E-state index in [1.807, 2.05) is 0 Å². The lowest BCUT2D eigenvalue weighted by Crippen LogP contribution is -2.45. The van der Waals surface area contributed by atoms with Gasteiger partial charge in [-0.3, -0.25) is 0 Å². The summed E-state index contributed by atoms with van der Waals surface area (Å²) in [6.07, 6.45) is 2.46. The van der Waals surface area contributed by atoms with Crippen molar-refractivity contribution in [2.45, 2.75) is 51.4 Å². The van der Waals surface area contributed by atoms with Crippen molar-refractivity contribution >= 4 is 0 Å². The Hall–Kier alpha value is -1.56. The zero-order valence-corrected chi connectivity index (χ0v) is 13.5. The largest absolute Gasteiger partial charge is 0.0620 e. The van der Waals surface area contributed by atoms with Crippen LogP contribution in [0.15, 0.2) is 48.5 Å². The van der Waals surface area contributed by atoms with Gasteiger partial charge in [-0.25, -0.2) is 0 Å². The summed E-state index contributed by atoms with van der Waals surface area (Å²) in [4.78, 5) is 0. The molecular formula is C21H24. The zero-order valence-electron chi connectivity index (χ0n) is 13.5. The molecule has 2 aliphatic carbocycles. The molecule has 4 rings (SSSR count). The highest BCUT2D eigenvalue weighted by Crippen LogP contribution is 2.67. The molecule has 0 aliphatic heterocycles. The first kappa shape index (κ1) is 13.1. The molecule has 0 bridgehead atoms. The topological polar surface area (TPSA) is 0 Å². The summed E-state index contributed by atoms with van der Waals surface area (Å²) in [5.41, 5.74) is 6.85. The van der Waals surface area contributed by atoms with E-state index in [0.717, 1.165) is 0 Å². The van der Waals surface area contributed by atoms with E-state index in [9.17, 15) is 0 Å². The van der Waals surface area contributed by atoms with Crippen LogP contribution in [0.1, 0.15) is 56.4 Å². The Morgan fingerprint density at radius 1 is 0.714 bits per heavy atom. The molecule has 2 aromatic carbocycles. The minimum atomic E-state index is 0.184. The van der Waals surface area contributed by atoms with Crippen LogP contribution < -0.4 is 0 Å². The van der Waals surface area contributed by atoms with Crippen LogP contribution in [0.2, 0.25) is 0 Å². The molecule has 2 aromatic rings. The van der Waals surface area contributed by atoms with Crippen molar-refractivity contribution in [3.63, 3.8) is 0 Å². The molecule has 2 aliphatic rings. The highest BCUT2D eigenvalue weighted by atomic mass is 14.7. The molecule has 0 fully saturated rings. The molecule has 1 unspecified atom stereocenters. The average Bonchev–Trinajstić information content (AvgIpc) is 2.92. The maximum Gasteiger partial charge on any atom is 0.0270 e. The van der Waals surface area contributed by atoms with E-state index >= 15 is 0 Å². The Morgan fingerprint density at radius 2 is 1.29 bits per heavy atom. The highest BCUT2D eigenvalue weighted by Gasteiger charge is 2.63. The number of aryl methyl sites for hydroxylation is 1. The quantitative estimate of drug-likeness (QED) is 0.617. The van der Waals surface area contributed by atoms with Gasteiger partial charge in [0.25, 0.3) is 0 Å². The van der Waals surface area contributed by atoms with Crippen LogP contribution in [0.25, 0.3) is 0 Å². The molecule has 0 aromatic heterocycles. The Morgan fingerprint density at radius 3 is 2.00 bits per heavy atom. The standard InChI is InChI=1S/C21H24/c1-19(2)17-11-7-8-12-18(17)21(20(19,3)4)14-13-15-9-5-6-10-16(15)21/h5-12H,13-14H2,1-4H3. The summed E-state index contributed by atoms with van der Waals surface area (Å²) in [6.45, 7) is 9.83. The van der Waals surface area contributed by atoms with Crippen LogP contribution in [-0.4, -0.2) is 0 Å². The average molecular weight is 276 g/mol. The van der Waals surface area contributed by atoms with E-state index in [2.05, 4.69) is 76.2 Å². The Labute approximate surface area is 128 Å². The Bertz CT molecular complexity index is 720. The van der Waals surface area contributed by atoms with Crippen LogP contribution in [0.5, 0.6) is 0 Å². The summed E-state index contributed by atoms with van der Waals surface area (Å²) in [6, 6.07) is 18.3. The van der Waals surface area contributed by atoms with Crippen molar-refractivity contribution in [1.82, 2.24) is 0 Å². The lowest BCUT2D eigenvalue weighted by molar-refractivity contribution is 0.127. The van der Waals surface area contributed by atoms with E-state index < -0.39 is 0 Å². The van der Waals surface area contributed by atoms with Gasteiger partial charge in [0, 0.05) is 5.41 Å². The van der Waals surface area contributed by atoms with Gasteiger partial charge in [-0.05, 0) is 45.9 Å². The molecule has 1 spiro atoms. The second-order valence-electron chi connectivity index (χ2n) is 7.86. The van der Waals surface area contributed by atoms with Crippen molar-refractivity contribution in [2.24, 2.45) is 5.41 Å². The van der Waals surface area contributed by atoms with Crippen LogP contribution in [-0.2, 0) is 17.3 Å². The van der Waals surface area contributed by atoms with Gasteiger partial charge in [0.1, 0.15) is 0 Å². The monoisotopic (exact) mass is 276 g/mol. The maximum absolute atomic E-state index is 2.48. The summed E-state index contributed by atoms with van der Waals surface area (Å²) in [5, 5.41) is 0. The smallest absolute Gasteiger partial charge is 0.0270 e. The van der Waals surface area contributed by atoms with Crippen molar-refractivity contribution in [3.8, 4) is 0 Å². The summed E-state index contributed by atoms with van der Waals surface area (Å²) >= 11 is 0. The normalized spacial score (nSPS) is 27.6. The number of benzene rings is 2. The summed E-state index contributed by atoms with van der Waals surface area (Å²) < 4.78 is 0. The Balaban J connectivity index is 2.11. The van der Waals surface area contributed by atoms with E-state index in [0.29, 0.717) is 0 Å². The SMILES string of the molecule is CC1(C)c2ccccc2C2(CCc3ccccc32)C1(C)C. The van der Waals surface area contributed by atoms with Gasteiger partial charge in [-0.1, -0.05) is 76.2 Å². The lowest BCUT2D eigenvalue weighted by atomic mass is 9.55. The van der Waals surface area contributed by atoms with Crippen LogP contribution in [0, 0.1) is 5.41 Å². The molecular weight excluding hydrogens is 252 g/mol. The van der Waals surface area contributed by atoms with Gasteiger partial charge in [0.2, 0.25) is 0 Å². The van der Waals surface area contributed by atoms with Gasteiger partial charge in [-0.15, -0.1) is 0 Å². The first-order valence-electron chi connectivity index (χ1n) is 8.11. The fourth-order valence-electron chi connectivity index (χ4n) is 5.15. The van der Waals surface area contributed by atoms with E-state index in [-0.39, 0.29) is 16.2 Å². The Kier molecular flexibility index (Phi) is 2.37. The molecule has 0 heterocycles. The van der Waals surface area contributed by atoms with Crippen molar-refractivity contribution < 1.29 is 0 Å². The molecule has 0 radical (unpaired) electrons. The van der Waals surface area contributed by atoms with E-state index in [1.54, 1.807) is 22.3 Å². The molecule has 0 N–H and O–H groups in total. The number of hydrogen-bond acceptors (Lipinski definition) is 0. The third kappa shape index (κ3) is 1.28. The molecule has 0 amide bonds. The third-order valence-corrected chi connectivity index (χ3v) is 6.94. The fourth-order valence-corrected chi connectivity index (χ4v) is 5.15. The highest BCUT2D eigenvalue weighted by molar-refractivity contribution is 5.59. The molecule has 0 nitrogen and oxygen atoms in total. The first-order valence-corrected chi connectivity index (χ1v) is 8.11. The van der Waals surface area contributed by atoms with Gasteiger partial charge >= 0.3 is 0 Å². The summed E-state index contributed by atoms with van der Waals surface area (Å²) in [7, 11) is 0. The minimum absolute atomic E-state index is 0.184. The predicted octanol–water partition coefficient (Wildman–Crippen LogP) is 5.24. The number of rotatable bonds is 0. The van der Waals surface area contributed by atoms with Crippen LogP contribution in [0.4, 0.5) is 0 Å². The minimum Gasteiger partial charge on any atom is -0.0620 e. The number of hydrogen-bond donors (Lipinski definition) is 0. The van der Waals surface area contributed by atoms with Crippen molar-refractivity contribution in [2.75, 3.05) is 0 Å². The lowest BCUT2D eigenvalue weighted by Gasteiger charge is -2.47. The molecule has 0 saturated carbocycles. The van der Waals surface area contributed by atoms with Crippen LogP contribution in [0.3, 0.4) is 0 Å². The zero-order chi connectivity index (χ0) is 14.9. The van der Waals surface area contributed by atoms with Crippen LogP contribution >= 0.6 is 0 Å². The third-order valence-electron chi connectivity index (χ3n) is 6.94. The molecule has 108 valence electrons. The van der Waals surface area contributed by atoms with Crippen molar-refractivity contribution in [3.05, 3.63) is 70.8 Å². The van der Waals surface area contributed by atoms with E-state index in [4.69, 9.17) is 0 Å². The predicted molar refractivity (Wildman–Crippen MR) is 88.8 cm³/mol. The van der Waals surface area contributed by atoms with Gasteiger partial charge in [0.05, 0.1) is 0 Å². The molecule has 0 heteroatoms. The van der Waals surface area contributed by atoms with E-state index in [1.165, 1.54) is 12.8 Å². The first-order chi connectivity index (χ1) is 9.93. The van der Waals surface area contributed by atoms with Gasteiger partial charge in [0.15, 0.2) is 0 Å². The molecule has 21 heavy (non-hydrogen) atoms. The molecule has 1 atom stereocenters. The second kappa shape index (κ2) is 3.80. The number of fused-ring (bicyclic) bond motifs is 4.